The third-order valence-electron chi connectivity index (χ3n) is 6.26. The lowest BCUT2D eigenvalue weighted by atomic mass is 9.74. The van der Waals surface area contributed by atoms with E-state index in [1.807, 2.05) is 32.9 Å². The molecule has 3 rings (SSSR count). The Kier molecular flexibility index (Phi) is 7.15. The second kappa shape index (κ2) is 9.29. The quantitative estimate of drug-likeness (QED) is 0.494. The van der Waals surface area contributed by atoms with Gasteiger partial charge < -0.3 is 14.8 Å². The molecule has 0 aliphatic carbocycles. The SMILES string of the molecule is CCC/C(=C\c1cc(C)c(O)c(C)c1)CC[C@H]1OB(O)C[C@H]2C1=C(CC)CS2(=O)=O. The van der Waals surface area contributed by atoms with Crippen molar-refractivity contribution in [1.29, 1.82) is 0 Å². The monoisotopic (exact) mass is 432 g/mol. The van der Waals surface area contributed by atoms with Gasteiger partial charge in [0, 0.05) is 6.32 Å². The van der Waals surface area contributed by atoms with Crippen LogP contribution in [0.5, 0.6) is 5.75 Å². The van der Waals surface area contributed by atoms with E-state index >= 15 is 0 Å². The van der Waals surface area contributed by atoms with Gasteiger partial charge in [-0.15, -0.1) is 0 Å². The summed E-state index contributed by atoms with van der Waals surface area (Å²) < 4.78 is 31.0. The number of allylic oxidation sites excluding steroid dienone is 1. The zero-order valence-corrected chi connectivity index (χ0v) is 19.3. The van der Waals surface area contributed by atoms with E-state index in [2.05, 4.69) is 13.0 Å². The molecule has 0 bridgehead atoms. The van der Waals surface area contributed by atoms with Gasteiger partial charge in [-0.3, -0.25) is 0 Å². The van der Waals surface area contributed by atoms with Crippen molar-refractivity contribution in [3.05, 3.63) is 45.5 Å². The first-order chi connectivity index (χ1) is 14.2. The molecule has 1 aromatic carbocycles. The molecule has 164 valence electrons. The average molecular weight is 432 g/mol. The summed E-state index contributed by atoms with van der Waals surface area (Å²) in [6.07, 6.45) is 6.04. The lowest BCUT2D eigenvalue weighted by molar-refractivity contribution is 0.169. The van der Waals surface area contributed by atoms with Crippen molar-refractivity contribution in [1.82, 2.24) is 0 Å². The molecule has 1 fully saturated rings. The zero-order valence-electron chi connectivity index (χ0n) is 18.4. The summed E-state index contributed by atoms with van der Waals surface area (Å²) >= 11 is 0. The maximum Gasteiger partial charge on any atom is 0.456 e. The second-order valence-corrected chi connectivity index (χ2v) is 10.8. The fraction of sp³-hybridized carbons (Fsp3) is 0.565. The van der Waals surface area contributed by atoms with E-state index in [1.54, 1.807) is 0 Å². The van der Waals surface area contributed by atoms with Gasteiger partial charge in [-0.2, -0.15) is 0 Å². The highest BCUT2D eigenvalue weighted by Crippen LogP contribution is 2.40. The number of sulfone groups is 1. The van der Waals surface area contributed by atoms with Gasteiger partial charge in [0.1, 0.15) is 5.75 Å². The van der Waals surface area contributed by atoms with Crippen LogP contribution in [-0.2, 0) is 14.5 Å². The van der Waals surface area contributed by atoms with Gasteiger partial charge in [0.15, 0.2) is 9.84 Å². The van der Waals surface area contributed by atoms with Crippen LogP contribution < -0.4 is 0 Å². The molecule has 0 unspecified atom stereocenters. The Balaban J connectivity index is 1.83. The van der Waals surface area contributed by atoms with Crippen molar-refractivity contribution in [3.63, 3.8) is 0 Å². The molecule has 0 radical (unpaired) electrons. The fourth-order valence-corrected chi connectivity index (χ4v) is 7.02. The molecule has 2 atom stereocenters. The number of phenols is 1. The van der Waals surface area contributed by atoms with Crippen molar-refractivity contribution >= 4 is 23.0 Å². The molecule has 2 aliphatic rings. The molecular weight excluding hydrogens is 399 g/mol. The molecule has 30 heavy (non-hydrogen) atoms. The van der Waals surface area contributed by atoms with Crippen LogP contribution >= 0.6 is 0 Å². The van der Waals surface area contributed by atoms with Crippen LogP contribution in [0.4, 0.5) is 0 Å². The van der Waals surface area contributed by atoms with Gasteiger partial charge in [0.05, 0.1) is 17.1 Å². The molecule has 2 aliphatic heterocycles. The van der Waals surface area contributed by atoms with Gasteiger partial charge in [0.25, 0.3) is 0 Å². The minimum Gasteiger partial charge on any atom is -0.507 e. The molecule has 2 heterocycles. The lowest BCUT2D eigenvalue weighted by Crippen LogP contribution is -2.41. The Labute approximate surface area is 180 Å². The smallest absolute Gasteiger partial charge is 0.456 e. The molecule has 5 nitrogen and oxygen atoms in total. The number of aromatic hydroxyl groups is 1. The summed E-state index contributed by atoms with van der Waals surface area (Å²) in [5.41, 5.74) is 5.89. The third kappa shape index (κ3) is 4.84. The summed E-state index contributed by atoms with van der Waals surface area (Å²) in [6.45, 7) is 7.92. The number of fused-ring (bicyclic) bond motifs is 1. The van der Waals surface area contributed by atoms with Crippen LogP contribution in [-0.4, -0.2) is 42.8 Å². The Morgan fingerprint density at radius 2 is 1.90 bits per heavy atom. The number of hydrogen-bond acceptors (Lipinski definition) is 5. The van der Waals surface area contributed by atoms with E-state index in [0.29, 0.717) is 18.6 Å². The lowest BCUT2D eigenvalue weighted by Gasteiger charge is -2.32. The summed E-state index contributed by atoms with van der Waals surface area (Å²) in [4.78, 5) is 0. The molecule has 0 spiro atoms. The Morgan fingerprint density at radius 3 is 2.50 bits per heavy atom. The van der Waals surface area contributed by atoms with Crippen LogP contribution in [0.3, 0.4) is 0 Å². The minimum absolute atomic E-state index is 0.0970. The van der Waals surface area contributed by atoms with Crippen molar-refractivity contribution in [2.45, 2.75) is 77.5 Å². The molecule has 1 aromatic rings. The number of hydrogen-bond donors (Lipinski definition) is 2. The van der Waals surface area contributed by atoms with Crippen molar-refractivity contribution in [2.75, 3.05) is 5.75 Å². The van der Waals surface area contributed by atoms with E-state index in [1.165, 1.54) is 5.57 Å². The maximum absolute atomic E-state index is 12.6. The standard InChI is InChI=1S/C23H33BO5S/c1-5-7-17(12-18-10-15(3)23(25)16(4)11-18)8-9-20-22-19(6-2)14-30(27,28)21(22)13-24(26)29-20/h10-12,20-21,25-26H,5-9,13-14H2,1-4H3/b17-12+/t20-,21+/m1/s1. The third-order valence-corrected chi connectivity index (χ3v) is 8.32. The minimum atomic E-state index is -3.24. The second-order valence-electron chi connectivity index (χ2n) is 8.62. The molecule has 0 amide bonds. The van der Waals surface area contributed by atoms with Gasteiger partial charge in [-0.25, -0.2) is 8.42 Å². The first kappa shape index (κ1) is 23.1. The number of aryl methyl sites for hydroxylation is 2. The maximum atomic E-state index is 12.6. The molecular formula is C23H33BO5S. The van der Waals surface area contributed by atoms with Gasteiger partial charge in [0.2, 0.25) is 0 Å². The highest BCUT2D eigenvalue weighted by Gasteiger charge is 2.47. The number of phenolic OH excluding ortho intramolecular Hbond substituents is 1. The first-order valence-corrected chi connectivity index (χ1v) is 12.6. The van der Waals surface area contributed by atoms with E-state index in [9.17, 15) is 18.5 Å². The summed E-state index contributed by atoms with van der Waals surface area (Å²) in [5, 5.41) is 19.6. The van der Waals surface area contributed by atoms with Crippen LogP contribution in [0.2, 0.25) is 6.32 Å². The van der Waals surface area contributed by atoms with E-state index in [0.717, 1.165) is 47.1 Å². The van der Waals surface area contributed by atoms with E-state index < -0.39 is 22.2 Å². The molecule has 7 heteroatoms. The topological polar surface area (TPSA) is 83.8 Å². The van der Waals surface area contributed by atoms with Gasteiger partial charge >= 0.3 is 7.12 Å². The van der Waals surface area contributed by atoms with Crippen molar-refractivity contribution in [3.8, 4) is 5.75 Å². The van der Waals surface area contributed by atoms with Crippen molar-refractivity contribution in [2.24, 2.45) is 0 Å². The Morgan fingerprint density at radius 1 is 1.23 bits per heavy atom. The largest absolute Gasteiger partial charge is 0.507 e. The van der Waals surface area contributed by atoms with Crippen molar-refractivity contribution < 1.29 is 23.2 Å². The van der Waals surface area contributed by atoms with Gasteiger partial charge in [-0.05, 0) is 73.9 Å². The predicted octanol–water partition coefficient (Wildman–Crippen LogP) is 4.36. The first-order valence-electron chi connectivity index (χ1n) is 10.9. The molecule has 2 N–H and O–H groups in total. The van der Waals surface area contributed by atoms with Crippen LogP contribution in [0.25, 0.3) is 6.08 Å². The average Bonchev–Trinajstić information content (AvgIpc) is 2.94. The summed E-state index contributed by atoms with van der Waals surface area (Å²) in [6, 6.07) is 3.96. The number of rotatable bonds is 7. The highest BCUT2D eigenvalue weighted by atomic mass is 32.2. The van der Waals surface area contributed by atoms with Crippen LogP contribution in [0, 0.1) is 13.8 Å². The van der Waals surface area contributed by atoms with Gasteiger partial charge in [-0.1, -0.05) is 37.5 Å². The normalized spacial score (nSPS) is 23.8. The summed E-state index contributed by atoms with van der Waals surface area (Å²) in [7, 11) is -4.27. The Hall–Kier alpha value is -1.57. The van der Waals surface area contributed by atoms with Crippen LogP contribution in [0.1, 0.15) is 62.6 Å². The number of benzene rings is 1. The highest BCUT2D eigenvalue weighted by molar-refractivity contribution is 7.92. The van der Waals surface area contributed by atoms with Crippen LogP contribution in [0.15, 0.2) is 28.9 Å². The Bertz CT molecular complexity index is 941. The molecule has 1 saturated heterocycles. The predicted molar refractivity (Wildman–Crippen MR) is 122 cm³/mol. The summed E-state index contributed by atoms with van der Waals surface area (Å²) in [5.74, 6) is 0.432. The molecule has 0 aromatic heterocycles. The van der Waals surface area contributed by atoms with E-state index in [-0.39, 0.29) is 18.2 Å². The fourth-order valence-electron chi connectivity index (χ4n) is 4.80. The zero-order chi connectivity index (χ0) is 22.1. The van der Waals surface area contributed by atoms with E-state index in [4.69, 9.17) is 4.65 Å². The molecule has 0 saturated carbocycles.